The van der Waals surface area contributed by atoms with Crippen LogP contribution in [0, 0.1) is 0 Å². The van der Waals surface area contributed by atoms with Crippen molar-refractivity contribution in [3.8, 4) is 0 Å². The molecule has 0 aliphatic carbocycles. The van der Waals surface area contributed by atoms with Gasteiger partial charge in [-0.2, -0.15) is 0 Å². The number of rotatable bonds is 16. The van der Waals surface area contributed by atoms with Crippen LogP contribution in [-0.4, -0.2) is 62.3 Å². The first kappa shape index (κ1) is 25.4. The molecule has 0 unspecified atom stereocenters. The van der Waals surface area contributed by atoms with Crippen LogP contribution in [0.5, 0.6) is 0 Å². The third kappa shape index (κ3) is 7.96. The molecule has 1 rings (SSSR count). The van der Waals surface area contributed by atoms with Crippen molar-refractivity contribution in [2.75, 3.05) is 20.5 Å². The number of aliphatic hydroxyl groups excluding tert-OH is 1. The number of methoxy groups -OCH3 is 1. The molecule has 0 saturated carbocycles. The van der Waals surface area contributed by atoms with E-state index in [2.05, 4.69) is 27.4 Å². The van der Waals surface area contributed by atoms with Crippen molar-refractivity contribution < 1.29 is 19.3 Å². The number of ether oxygens (including phenoxy) is 3. The summed E-state index contributed by atoms with van der Waals surface area (Å²) in [5.41, 5.74) is 0. The summed E-state index contributed by atoms with van der Waals surface area (Å²) in [6.07, 6.45) is 8.32. The number of hydrogen-bond acceptors (Lipinski definition) is 4. The van der Waals surface area contributed by atoms with E-state index in [1.807, 2.05) is 0 Å². The summed E-state index contributed by atoms with van der Waals surface area (Å²) in [5.74, 6) is 0. The Hall–Kier alpha value is 0.379. The van der Waals surface area contributed by atoms with Gasteiger partial charge in [-0.05, 0) is 0 Å². The molecule has 27 heavy (non-hydrogen) atoms. The Balaban J connectivity index is 3.10. The van der Waals surface area contributed by atoms with Gasteiger partial charge in [0.1, 0.15) is 0 Å². The van der Waals surface area contributed by atoms with E-state index < -0.39 is 24.5 Å². The molecule has 0 aromatic carbocycles. The van der Waals surface area contributed by atoms with E-state index >= 15 is 0 Å². The molecule has 0 spiro atoms. The van der Waals surface area contributed by atoms with E-state index in [-0.39, 0.29) is 19.0 Å². The van der Waals surface area contributed by atoms with Gasteiger partial charge in [0.25, 0.3) is 0 Å². The summed E-state index contributed by atoms with van der Waals surface area (Å²) >= 11 is -2.70. The van der Waals surface area contributed by atoms with Gasteiger partial charge in [0.05, 0.1) is 0 Å². The van der Waals surface area contributed by atoms with Crippen molar-refractivity contribution in [2.45, 2.75) is 104 Å². The average molecular weight is 491 g/mol. The molecule has 1 aliphatic rings. The zero-order valence-electron chi connectivity index (χ0n) is 18.3. The maximum atomic E-state index is 11.1. The topological polar surface area (TPSA) is 47.9 Å². The van der Waals surface area contributed by atoms with Crippen molar-refractivity contribution in [1.82, 2.24) is 0 Å². The molecule has 0 bridgehead atoms. The van der Waals surface area contributed by atoms with Gasteiger partial charge < -0.3 is 0 Å². The van der Waals surface area contributed by atoms with Gasteiger partial charge >= 0.3 is 172 Å². The maximum absolute atomic E-state index is 11.1. The second-order valence-corrected chi connectivity index (χ2v) is 21.6. The van der Waals surface area contributed by atoms with Gasteiger partial charge in [0.15, 0.2) is 0 Å². The van der Waals surface area contributed by atoms with Crippen molar-refractivity contribution in [3.05, 3.63) is 10.2 Å². The number of hydrogen-bond donors (Lipinski definition) is 1. The molecule has 0 aromatic heterocycles. The van der Waals surface area contributed by atoms with Gasteiger partial charge in [0.2, 0.25) is 0 Å². The number of unbranched alkanes of at least 4 members (excludes halogenated alkanes) is 3. The van der Waals surface area contributed by atoms with Crippen LogP contribution in [0.15, 0.2) is 10.2 Å². The Kier molecular flexibility index (Phi) is 13.5. The van der Waals surface area contributed by atoms with Gasteiger partial charge in [-0.1, -0.05) is 0 Å². The van der Waals surface area contributed by atoms with Crippen LogP contribution in [-0.2, 0) is 14.2 Å². The van der Waals surface area contributed by atoms with Crippen LogP contribution >= 0.6 is 0 Å². The predicted octanol–water partition coefficient (Wildman–Crippen LogP) is 5.46. The van der Waals surface area contributed by atoms with E-state index in [0.717, 1.165) is 19.4 Å². The normalized spacial score (nSPS) is 20.0. The predicted molar refractivity (Wildman–Crippen MR) is 116 cm³/mol. The summed E-state index contributed by atoms with van der Waals surface area (Å²) in [4.78, 5) is 0. The molecule has 1 N–H and O–H groups in total. The second-order valence-electron chi connectivity index (χ2n) is 8.15. The van der Waals surface area contributed by atoms with E-state index in [0.29, 0.717) is 0 Å². The Bertz CT molecular complexity index is 374. The molecule has 1 heterocycles. The third-order valence-corrected chi connectivity index (χ3v) is 22.0. The van der Waals surface area contributed by atoms with E-state index in [9.17, 15) is 5.11 Å². The fourth-order valence-electron chi connectivity index (χ4n) is 4.32. The molecule has 0 radical (unpaired) electrons. The molecule has 160 valence electrons. The first-order valence-corrected chi connectivity index (χ1v) is 18.6. The standard InChI is InChI=1S/C10H17O4.3C4H9.Sn/c1-3-8(14-7-12-2)10(11)9-5-4-6-13-9;3*1-3-4-2;/h8-11H,1,4-7H2,2H3;3*1,3-4H2,2H3;/t8-,9-,10-;;;;/m1..../s1. The van der Waals surface area contributed by atoms with Gasteiger partial charge in [-0.15, -0.1) is 0 Å². The van der Waals surface area contributed by atoms with Crippen LogP contribution in [0.4, 0.5) is 0 Å². The first-order chi connectivity index (χ1) is 13.1. The molecule has 1 saturated heterocycles. The average Bonchev–Trinajstić information content (AvgIpc) is 3.22. The Morgan fingerprint density at radius 2 is 1.67 bits per heavy atom. The third-order valence-electron chi connectivity index (χ3n) is 6.07. The van der Waals surface area contributed by atoms with Gasteiger partial charge in [-0.25, -0.2) is 0 Å². The SMILES string of the molecule is C=[C]([C@@H](OCOC)[C@@H](O)[C@H]1CCCO1)[Sn]([CH2]CCC)([CH2]CCC)[CH2]CCC. The minimum absolute atomic E-state index is 0.129. The Labute approximate surface area is 171 Å². The van der Waals surface area contributed by atoms with Crippen LogP contribution in [0.2, 0.25) is 13.3 Å². The van der Waals surface area contributed by atoms with E-state index in [4.69, 9.17) is 14.2 Å². The molecule has 0 aromatic rings. The van der Waals surface area contributed by atoms with Crippen molar-refractivity contribution in [2.24, 2.45) is 0 Å². The molecule has 1 aliphatic heterocycles. The van der Waals surface area contributed by atoms with Gasteiger partial charge in [0, 0.05) is 0 Å². The van der Waals surface area contributed by atoms with Crippen LogP contribution in [0.1, 0.15) is 72.1 Å². The van der Waals surface area contributed by atoms with Crippen molar-refractivity contribution in [1.29, 1.82) is 0 Å². The summed E-state index contributed by atoms with van der Waals surface area (Å²) < 4.78 is 22.3. The van der Waals surface area contributed by atoms with Crippen LogP contribution < -0.4 is 0 Å². The quantitative estimate of drug-likeness (QED) is 0.230. The summed E-state index contributed by atoms with van der Waals surface area (Å²) in [5, 5.41) is 11.1. The molecule has 5 heteroatoms. The fourth-order valence-corrected chi connectivity index (χ4v) is 20.5. The van der Waals surface area contributed by atoms with Crippen LogP contribution in [0.25, 0.3) is 0 Å². The van der Waals surface area contributed by atoms with Crippen LogP contribution in [0.3, 0.4) is 0 Å². The molecular formula is C22H44O4Sn. The molecule has 0 amide bonds. The fraction of sp³-hybridized carbons (Fsp3) is 0.909. The second kappa shape index (κ2) is 14.4. The first-order valence-electron chi connectivity index (χ1n) is 11.2. The Morgan fingerprint density at radius 1 is 1.11 bits per heavy atom. The summed E-state index contributed by atoms with van der Waals surface area (Å²) in [6.45, 7) is 12.4. The minimum atomic E-state index is -2.70. The van der Waals surface area contributed by atoms with Crippen molar-refractivity contribution in [3.63, 3.8) is 0 Å². The molecule has 4 nitrogen and oxygen atoms in total. The summed E-state index contributed by atoms with van der Waals surface area (Å²) in [7, 11) is 1.64. The molecular weight excluding hydrogens is 447 g/mol. The van der Waals surface area contributed by atoms with Gasteiger partial charge in [-0.3, -0.25) is 0 Å². The Morgan fingerprint density at radius 3 is 2.07 bits per heavy atom. The monoisotopic (exact) mass is 492 g/mol. The zero-order valence-corrected chi connectivity index (χ0v) is 21.2. The van der Waals surface area contributed by atoms with E-state index in [1.165, 1.54) is 55.4 Å². The van der Waals surface area contributed by atoms with E-state index in [1.54, 1.807) is 7.11 Å². The zero-order chi connectivity index (χ0) is 20.1. The van der Waals surface area contributed by atoms with Crippen molar-refractivity contribution >= 4 is 18.4 Å². The molecule has 3 atom stereocenters. The summed E-state index contributed by atoms with van der Waals surface area (Å²) in [6, 6.07) is 0. The molecule has 1 fully saturated rings. The number of aliphatic hydroxyl groups is 1.